The maximum absolute atomic E-state index is 12.9. The van der Waals surface area contributed by atoms with Crippen molar-refractivity contribution < 1.29 is 23.4 Å². The molecule has 5 atom stereocenters. The molecule has 1 aromatic carbocycles. The minimum absolute atomic E-state index is 0.0462. The molecule has 34 heavy (non-hydrogen) atoms. The van der Waals surface area contributed by atoms with Crippen molar-refractivity contribution in [1.29, 1.82) is 0 Å². The van der Waals surface area contributed by atoms with E-state index in [1.165, 1.54) is 0 Å². The molecule has 0 N–H and O–H groups in total. The van der Waals surface area contributed by atoms with Crippen LogP contribution in [0.25, 0.3) is 0 Å². The first-order valence-corrected chi connectivity index (χ1v) is 16.6. The van der Waals surface area contributed by atoms with Crippen LogP contribution in [-0.4, -0.2) is 48.9 Å². The fourth-order valence-electron chi connectivity index (χ4n) is 3.64. The molecule has 5 nitrogen and oxygen atoms in total. The number of esters is 1. The Morgan fingerprint density at radius 3 is 2.32 bits per heavy atom. The number of rotatable bonds is 10. The van der Waals surface area contributed by atoms with E-state index in [2.05, 4.69) is 76.4 Å². The number of ether oxygens (including phenoxy) is 3. The monoisotopic (exact) mass is 602 g/mol. The summed E-state index contributed by atoms with van der Waals surface area (Å²) in [4.78, 5) is 12.9. The van der Waals surface area contributed by atoms with Gasteiger partial charge in [-0.05, 0) is 69.5 Å². The van der Waals surface area contributed by atoms with E-state index in [-0.39, 0.29) is 35.2 Å². The van der Waals surface area contributed by atoms with Crippen LogP contribution in [0.5, 0.6) is 0 Å². The van der Waals surface area contributed by atoms with Gasteiger partial charge in [-0.1, -0.05) is 74.6 Å². The third kappa shape index (κ3) is 8.15. The highest BCUT2D eigenvalue weighted by molar-refractivity contribution is 14.1. The fraction of sp³-hybridized carbons (Fsp3) is 0.667. The lowest BCUT2D eigenvalue weighted by Crippen LogP contribution is -2.44. The minimum Gasteiger partial charge on any atom is -0.452 e. The number of carbonyl (C=O) groups excluding carboxylic acids is 1. The summed E-state index contributed by atoms with van der Waals surface area (Å²) in [6.07, 6.45) is 3.83. The van der Waals surface area contributed by atoms with Crippen molar-refractivity contribution in [2.75, 3.05) is 4.43 Å². The molecule has 0 aromatic heterocycles. The van der Waals surface area contributed by atoms with Gasteiger partial charge in [0.2, 0.25) is 0 Å². The fourth-order valence-corrected chi connectivity index (χ4v) is 5.76. The van der Waals surface area contributed by atoms with Crippen molar-refractivity contribution in [1.82, 2.24) is 0 Å². The first kappa shape index (κ1) is 29.5. The van der Waals surface area contributed by atoms with Crippen molar-refractivity contribution in [3.05, 3.63) is 48.0 Å². The highest BCUT2D eigenvalue weighted by atomic mass is 127. The molecule has 1 aliphatic heterocycles. The lowest BCUT2D eigenvalue weighted by atomic mass is 10.0. The number of benzene rings is 1. The van der Waals surface area contributed by atoms with Gasteiger partial charge < -0.3 is 18.6 Å². The summed E-state index contributed by atoms with van der Waals surface area (Å²) in [6, 6.07) is 9.08. The zero-order valence-electron chi connectivity index (χ0n) is 22.3. The standard InChI is InChI=1S/C27H43IO5Si/c1-19(20(2)33-34(8,9)26(3,4)5)15-16-22(30-25(29)21-13-11-10-12-14-21)24-23(17-18-28)31-27(6,7)32-24/h10-16,19-20,22-24H,17-18H2,1-9H3/b16-15-/t19-,20?,22?,23+,24?/m1/s1. The molecular formula is C27H43IO5Si. The van der Waals surface area contributed by atoms with Gasteiger partial charge in [-0.3, -0.25) is 0 Å². The smallest absolute Gasteiger partial charge is 0.338 e. The molecule has 0 spiro atoms. The number of hydrogen-bond acceptors (Lipinski definition) is 5. The average molecular weight is 603 g/mol. The lowest BCUT2D eigenvalue weighted by Gasteiger charge is -2.39. The molecule has 1 aliphatic rings. The van der Waals surface area contributed by atoms with Gasteiger partial charge in [-0.2, -0.15) is 0 Å². The second-order valence-corrected chi connectivity index (χ2v) is 17.0. The van der Waals surface area contributed by atoms with Crippen LogP contribution in [0.2, 0.25) is 18.1 Å². The molecule has 0 amide bonds. The Morgan fingerprint density at radius 1 is 1.15 bits per heavy atom. The highest BCUT2D eigenvalue weighted by Crippen LogP contribution is 2.38. The topological polar surface area (TPSA) is 54.0 Å². The van der Waals surface area contributed by atoms with Gasteiger partial charge in [0, 0.05) is 10.5 Å². The van der Waals surface area contributed by atoms with Crippen LogP contribution < -0.4 is 0 Å². The van der Waals surface area contributed by atoms with Gasteiger partial charge in [0.25, 0.3) is 0 Å². The molecule has 1 saturated heterocycles. The predicted octanol–water partition coefficient (Wildman–Crippen LogP) is 7.16. The third-order valence-corrected chi connectivity index (χ3v) is 12.0. The Balaban J connectivity index is 2.24. The van der Waals surface area contributed by atoms with Crippen LogP contribution in [0.1, 0.15) is 65.2 Å². The van der Waals surface area contributed by atoms with E-state index in [1.54, 1.807) is 12.1 Å². The van der Waals surface area contributed by atoms with Crippen LogP contribution in [0.15, 0.2) is 42.5 Å². The quantitative estimate of drug-likeness (QED) is 0.0936. The molecule has 1 fully saturated rings. The largest absolute Gasteiger partial charge is 0.452 e. The number of carbonyl (C=O) groups is 1. The number of halogens is 1. The Hall–Kier alpha value is -0.743. The molecule has 0 aliphatic carbocycles. The maximum Gasteiger partial charge on any atom is 0.338 e. The summed E-state index contributed by atoms with van der Waals surface area (Å²) >= 11 is 2.34. The first-order valence-electron chi connectivity index (χ1n) is 12.2. The van der Waals surface area contributed by atoms with Crippen LogP contribution in [-0.2, 0) is 18.6 Å². The van der Waals surface area contributed by atoms with Crippen LogP contribution in [0.3, 0.4) is 0 Å². The zero-order chi connectivity index (χ0) is 25.7. The maximum atomic E-state index is 12.9. The summed E-state index contributed by atoms with van der Waals surface area (Å²) in [5, 5.41) is 0.145. The SMILES string of the molecule is CC(O[Si](C)(C)C(C)(C)C)[C@H](C)/C=C\C(OC(=O)c1ccccc1)C1OC(C)(C)O[C@H]1CCI. The van der Waals surface area contributed by atoms with E-state index < -0.39 is 20.2 Å². The van der Waals surface area contributed by atoms with Crippen LogP contribution in [0.4, 0.5) is 0 Å². The highest BCUT2D eigenvalue weighted by Gasteiger charge is 2.45. The summed E-state index contributed by atoms with van der Waals surface area (Å²) in [5.41, 5.74) is 0.521. The van der Waals surface area contributed by atoms with Gasteiger partial charge in [0.1, 0.15) is 12.2 Å². The Morgan fingerprint density at radius 2 is 1.76 bits per heavy atom. The molecule has 2 rings (SSSR count). The molecule has 3 unspecified atom stereocenters. The molecule has 1 aromatic rings. The van der Waals surface area contributed by atoms with Crippen molar-refractivity contribution in [3.8, 4) is 0 Å². The molecule has 0 saturated carbocycles. The van der Waals surface area contributed by atoms with E-state index in [1.807, 2.05) is 38.1 Å². The van der Waals surface area contributed by atoms with Crippen LogP contribution >= 0.6 is 22.6 Å². The molecule has 192 valence electrons. The van der Waals surface area contributed by atoms with Gasteiger partial charge >= 0.3 is 5.97 Å². The van der Waals surface area contributed by atoms with Crippen molar-refractivity contribution >= 4 is 36.9 Å². The average Bonchev–Trinajstić information content (AvgIpc) is 3.04. The summed E-state index contributed by atoms with van der Waals surface area (Å²) in [5.74, 6) is -0.947. The summed E-state index contributed by atoms with van der Waals surface area (Å²) < 4.78 is 25.9. The second-order valence-electron chi connectivity index (χ2n) is 11.2. The predicted molar refractivity (Wildman–Crippen MR) is 149 cm³/mol. The van der Waals surface area contributed by atoms with Crippen LogP contribution in [0, 0.1) is 5.92 Å². The summed E-state index contributed by atoms with van der Waals surface area (Å²) in [7, 11) is -1.89. The van der Waals surface area contributed by atoms with E-state index in [0.717, 1.165) is 10.8 Å². The van der Waals surface area contributed by atoms with Crippen molar-refractivity contribution in [3.63, 3.8) is 0 Å². The van der Waals surface area contributed by atoms with E-state index in [4.69, 9.17) is 18.6 Å². The number of alkyl halides is 1. The molecule has 0 radical (unpaired) electrons. The normalized spacial score (nSPS) is 23.6. The van der Waals surface area contributed by atoms with Crippen molar-refractivity contribution in [2.24, 2.45) is 5.92 Å². The van der Waals surface area contributed by atoms with E-state index in [9.17, 15) is 4.79 Å². The molecule has 1 heterocycles. The molecule has 0 bridgehead atoms. The lowest BCUT2D eigenvalue weighted by molar-refractivity contribution is -0.153. The van der Waals surface area contributed by atoms with Gasteiger partial charge in [-0.15, -0.1) is 0 Å². The van der Waals surface area contributed by atoms with Crippen molar-refractivity contribution in [2.45, 2.75) is 103 Å². The van der Waals surface area contributed by atoms with Gasteiger partial charge in [0.05, 0.1) is 11.7 Å². The second kappa shape index (κ2) is 12.0. The minimum atomic E-state index is -1.89. The van der Waals surface area contributed by atoms with E-state index >= 15 is 0 Å². The molecular weight excluding hydrogens is 559 g/mol. The Kier molecular flexibility index (Phi) is 10.4. The third-order valence-electron chi connectivity index (χ3n) is 6.82. The summed E-state index contributed by atoms with van der Waals surface area (Å²) in [6.45, 7) is 19.4. The Labute approximate surface area is 221 Å². The van der Waals surface area contributed by atoms with E-state index in [0.29, 0.717) is 5.56 Å². The zero-order valence-corrected chi connectivity index (χ0v) is 25.4. The number of hydrogen-bond donors (Lipinski definition) is 0. The first-order chi connectivity index (χ1) is 15.7. The van der Waals surface area contributed by atoms with Gasteiger partial charge in [-0.25, -0.2) is 4.79 Å². The Bertz CT molecular complexity index is 818. The molecule has 7 heteroatoms. The van der Waals surface area contributed by atoms with Gasteiger partial charge in [0.15, 0.2) is 14.1 Å².